The number of hydrogen-bond donors (Lipinski definition) is 0. The van der Waals surface area contributed by atoms with Gasteiger partial charge in [0.2, 0.25) is 0 Å². The molecule has 11 aromatic rings. The molecule has 0 N–H and O–H groups in total. The van der Waals surface area contributed by atoms with Gasteiger partial charge in [-0.05, 0) is 79.3 Å². The molecule has 0 aliphatic carbocycles. The Balaban J connectivity index is 1.46. The standard InChI is InChI=1S/C44H24S3/c1-2-12-26-25(10-1)11-9-16-30(26)41-35-23-40-33(28-14-5-7-18-38(28)46-40)22-34(35)43-32(42(41)36-24-45-37-17-6-3-15-29(36)37)21-20-31-27-13-4-8-19-39(27)47-44(31)43/h1-24H. The van der Waals surface area contributed by atoms with Crippen LogP contribution in [0.3, 0.4) is 0 Å². The maximum atomic E-state index is 2.51. The largest absolute Gasteiger partial charge is 0.143 e. The van der Waals surface area contributed by atoms with Gasteiger partial charge in [-0.1, -0.05) is 109 Å². The molecule has 0 unspecified atom stereocenters. The number of hydrogen-bond acceptors (Lipinski definition) is 3. The van der Waals surface area contributed by atoms with E-state index >= 15 is 0 Å². The Kier molecular flexibility index (Phi) is 5.39. The van der Waals surface area contributed by atoms with Crippen molar-refractivity contribution >= 4 is 117 Å². The quantitative estimate of drug-likeness (QED) is 0.164. The molecule has 3 heteroatoms. The van der Waals surface area contributed by atoms with Crippen LogP contribution in [0.15, 0.2) is 145 Å². The first-order chi connectivity index (χ1) is 23.3. The van der Waals surface area contributed by atoms with E-state index in [-0.39, 0.29) is 0 Å². The molecule has 0 fully saturated rings. The van der Waals surface area contributed by atoms with E-state index in [9.17, 15) is 0 Å². The highest BCUT2D eigenvalue weighted by atomic mass is 32.1. The Morgan fingerprint density at radius 3 is 1.83 bits per heavy atom. The second-order valence-corrected chi connectivity index (χ2v) is 15.4. The van der Waals surface area contributed by atoms with Crippen molar-refractivity contribution in [3.05, 3.63) is 145 Å². The van der Waals surface area contributed by atoms with Crippen LogP contribution in [0.1, 0.15) is 0 Å². The zero-order chi connectivity index (χ0) is 30.6. The molecule has 0 saturated heterocycles. The van der Waals surface area contributed by atoms with Crippen LogP contribution in [0.25, 0.3) is 105 Å². The lowest BCUT2D eigenvalue weighted by atomic mass is 9.83. The van der Waals surface area contributed by atoms with Crippen molar-refractivity contribution < 1.29 is 0 Å². The molecule has 0 atom stereocenters. The third kappa shape index (κ3) is 3.62. The van der Waals surface area contributed by atoms with E-state index in [0.717, 1.165) is 0 Å². The molecule has 0 radical (unpaired) electrons. The second-order valence-electron chi connectivity index (χ2n) is 12.4. The van der Waals surface area contributed by atoms with Crippen LogP contribution >= 0.6 is 34.0 Å². The Morgan fingerprint density at radius 1 is 0.340 bits per heavy atom. The fourth-order valence-electron chi connectivity index (χ4n) is 7.89. The third-order valence-corrected chi connectivity index (χ3v) is 13.2. The summed E-state index contributed by atoms with van der Waals surface area (Å²) in [5.74, 6) is 0. The van der Waals surface area contributed by atoms with Gasteiger partial charge >= 0.3 is 0 Å². The van der Waals surface area contributed by atoms with Crippen molar-refractivity contribution in [1.29, 1.82) is 0 Å². The van der Waals surface area contributed by atoms with Gasteiger partial charge in [0.05, 0.1) is 0 Å². The summed E-state index contributed by atoms with van der Waals surface area (Å²) < 4.78 is 6.71. The number of fused-ring (bicyclic) bond motifs is 12. The topological polar surface area (TPSA) is 0 Å². The van der Waals surface area contributed by atoms with Crippen molar-refractivity contribution in [2.45, 2.75) is 0 Å². The minimum atomic E-state index is 1.27. The zero-order valence-electron chi connectivity index (χ0n) is 25.1. The van der Waals surface area contributed by atoms with Gasteiger partial charge < -0.3 is 0 Å². The summed E-state index contributed by atoms with van der Waals surface area (Å²) in [6.07, 6.45) is 0. The number of benzene rings is 8. The monoisotopic (exact) mass is 648 g/mol. The normalized spacial score (nSPS) is 12.3. The minimum Gasteiger partial charge on any atom is -0.143 e. The molecular formula is C44H24S3. The molecule has 47 heavy (non-hydrogen) atoms. The smallest absolute Gasteiger partial charge is 0.0440 e. The molecule has 3 heterocycles. The van der Waals surface area contributed by atoms with Crippen molar-refractivity contribution in [2.75, 3.05) is 0 Å². The van der Waals surface area contributed by atoms with E-state index in [1.165, 1.54) is 105 Å². The highest BCUT2D eigenvalue weighted by Crippen LogP contribution is 2.53. The van der Waals surface area contributed by atoms with E-state index in [0.29, 0.717) is 0 Å². The molecule has 0 bridgehead atoms. The first kappa shape index (κ1) is 26.1. The summed E-state index contributed by atoms with van der Waals surface area (Å²) in [5, 5.41) is 17.0. The van der Waals surface area contributed by atoms with Gasteiger partial charge in [-0.3, -0.25) is 0 Å². The van der Waals surface area contributed by atoms with Crippen LogP contribution in [0.2, 0.25) is 0 Å². The van der Waals surface area contributed by atoms with Gasteiger partial charge in [-0.25, -0.2) is 0 Å². The lowest BCUT2D eigenvalue weighted by Gasteiger charge is -2.20. The van der Waals surface area contributed by atoms with Gasteiger partial charge in [0.1, 0.15) is 0 Å². The van der Waals surface area contributed by atoms with Crippen molar-refractivity contribution in [2.24, 2.45) is 0 Å². The fourth-order valence-corrected chi connectivity index (χ4v) is 11.2. The molecule has 11 rings (SSSR count). The highest BCUT2D eigenvalue weighted by Gasteiger charge is 2.24. The average molecular weight is 649 g/mol. The molecule has 0 aliphatic rings. The average Bonchev–Trinajstić information content (AvgIpc) is 3.83. The first-order valence-corrected chi connectivity index (χ1v) is 18.4. The van der Waals surface area contributed by atoms with Crippen LogP contribution in [0.4, 0.5) is 0 Å². The minimum absolute atomic E-state index is 1.27. The summed E-state index contributed by atoms with van der Waals surface area (Å²) in [7, 11) is 0. The molecule has 0 spiro atoms. The van der Waals surface area contributed by atoms with E-state index in [2.05, 4.69) is 145 Å². The first-order valence-electron chi connectivity index (χ1n) is 15.9. The Morgan fingerprint density at radius 2 is 0.979 bits per heavy atom. The van der Waals surface area contributed by atoms with Crippen LogP contribution in [-0.4, -0.2) is 0 Å². The second kappa shape index (κ2) is 9.73. The Bertz CT molecular complexity index is 3070. The van der Waals surface area contributed by atoms with Crippen LogP contribution in [0, 0.1) is 0 Å². The van der Waals surface area contributed by atoms with Gasteiger partial charge in [0.25, 0.3) is 0 Å². The molecule has 0 aliphatic heterocycles. The highest BCUT2D eigenvalue weighted by molar-refractivity contribution is 7.27. The van der Waals surface area contributed by atoms with Crippen LogP contribution < -0.4 is 0 Å². The van der Waals surface area contributed by atoms with Crippen molar-refractivity contribution in [3.8, 4) is 22.3 Å². The molecule has 8 aromatic carbocycles. The summed E-state index contributed by atoms with van der Waals surface area (Å²) >= 11 is 5.69. The lowest BCUT2D eigenvalue weighted by molar-refractivity contribution is 1.71. The Hall–Kier alpha value is -5.06. The molecular weight excluding hydrogens is 625 g/mol. The molecule has 0 nitrogen and oxygen atoms in total. The Labute approximate surface area is 282 Å². The van der Waals surface area contributed by atoms with Gasteiger partial charge in [0.15, 0.2) is 0 Å². The summed E-state index contributed by atoms with van der Waals surface area (Å²) in [6.45, 7) is 0. The maximum absolute atomic E-state index is 2.51. The van der Waals surface area contributed by atoms with E-state index in [1.54, 1.807) is 0 Å². The predicted octanol–water partition coefficient (Wildman–Crippen LogP) is 14.4. The van der Waals surface area contributed by atoms with Gasteiger partial charge in [-0.2, -0.15) is 0 Å². The van der Waals surface area contributed by atoms with E-state index < -0.39 is 0 Å². The van der Waals surface area contributed by atoms with E-state index in [1.807, 2.05) is 34.0 Å². The lowest BCUT2D eigenvalue weighted by Crippen LogP contribution is -1.93. The van der Waals surface area contributed by atoms with E-state index in [4.69, 9.17) is 0 Å². The summed E-state index contributed by atoms with van der Waals surface area (Å²) in [4.78, 5) is 0. The molecule has 3 aromatic heterocycles. The third-order valence-electron chi connectivity index (χ3n) is 9.93. The predicted molar refractivity (Wildman–Crippen MR) is 211 cm³/mol. The van der Waals surface area contributed by atoms with Crippen molar-refractivity contribution in [3.63, 3.8) is 0 Å². The molecule has 0 saturated carbocycles. The van der Waals surface area contributed by atoms with Crippen LogP contribution in [-0.2, 0) is 0 Å². The van der Waals surface area contributed by atoms with Crippen molar-refractivity contribution in [1.82, 2.24) is 0 Å². The number of thiophene rings is 3. The summed E-state index contributed by atoms with van der Waals surface area (Å²) in [5.41, 5.74) is 5.27. The molecule has 0 amide bonds. The van der Waals surface area contributed by atoms with Gasteiger partial charge in [-0.15, -0.1) is 34.0 Å². The maximum Gasteiger partial charge on any atom is 0.0440 e. The van der Waals surface area contributed by atoms with Crippen LogP contribution in [0.5, 0.6) is 0 Å². The summed E-state index contributed by atoms with van der Waals surface area (Å²) in [6, 6.07) is 52.2. The SMILES string of the molecule is c1ccc2c(-c3c(-c4csc5ccccc45)c4ccc5c6ccccc6sc5c4c4cc5c(cc34)sc3ccccc35)cccc2c1. The van der Waals surface area contributed by atoms with Gasteiger partial charge in [0, 0.05) is 61.4 Å². The number of rotatable bonds is 2. The zero-order valence-corrected chi connectivity index (χ0v) is 27.5. The molecule has 218 valence electrons. The fraction of sp³-hybridized carbons (Fsp3) is 0.